The van der Waals surface area contributed by atoms with Gasteiger partial charge in [-0.2, -0.15) is 0 Å². The summed E-state index contributed by atoms with van der Waals surface area (Å²) in [6, 6.07) is 6.92. The van der Waals surface area contributed by atoms with Gasteiger partial charge in [0, 0.05) is 0 Å². The smallest absolute Gasteiger partial charge is 0.447 e. The standard InChI is InChI=1S/C15H20N2O4/c1-3-4-5-6-10-20-14(18)16-17-15(19)21-13-9-7-8-12(2)11-13/h7-9,11H,3-6,10H2,1-2H3. The fourth-order valence-corrected chi connectivity index (χ4v) is 1.60. The number of carbonyl (C=O) groups is 2. The number of benzene rings is 1. The van der Waals surface area contributed by atoms with Crippen LogP contribution in [0.25, 0.3) is 0 Å². The predicted molar refractivity (Wildman–Crippen MR) is 77.5 cm³/mol. The molecule has 0 bridgehead atoms. The molecule has 0 saturated carbocycles. The molecular weight excluding hydrogens is 272 g/mol. The molecule has 0 aromatic heterocycles. The molecule has 114 valence electrons. The van der Waals surface area contributed by atoms with Gasteiger partial charge in [0.15, 0.2) is 0 Å². The lowest BCUT2D eigenvalue weighted by Gasteiger charge is -2.01. The van der Waals surface area contributed by atoms with Crippen LogP contribution >= 0.6 is 0 Å². The van der Waals surface area contributed by atoms with Gasteiger partial charge >= 0.3 is 12.2 Å². The maximum atomic E-state index is 11.4. The monoisotopic (exact) mass is 292 g/mol. The number of nitrogens with zero attached hydrogens (tertiary/aromatic N) is 2. The average molecular weight is 292 g/mol. The predicted octanol–water partition coefficient (Wildman–Crippen LogP) is 4.66. The molecule has 6 nitrogen and oxygen atoms in total. The largest absolute Gasteiger partial charge is 0.458 e. The third-order valence-corrected chi connectivity index (χ3v) is 2.63. The van der Waals surface area contributed by atoms with E-state index in [1.807, 2.05) is 13.0 Å². The Kier molecular flexibility index (Phi) is 7.71. The Morgan fingerprint density at radius 3 is 2.57 bits per heavy atom. The number of aryl methyl sites for hydroxylation is 1. The zero-order valence-electron chi connectivity index (χ0n) is 12.4. The molecule has 0 fully saturated rings. The maximum Gasteiger partial charge on any atom is 0.458 e. The Balaban J connectivity index is 2.28. The van der Waals surface area contributed by atoms with Crippen molar-refractivity contribution in [3.8, 4) is 5.75 Å². The van der Waals surface area contributed by atoms with Gasteiger partial charge in [-0.15, -0.1) is 0 Å². The average Bonchev–Trinajstić information content (AvgIpc) is 2.45. The SMILES string of the molecule is CCCCCCOC(=O)N=NC(=O)Oc1cccc(C)c1. The minimum Gasteiger partial charge on any atom is -0.447 e. The molecule has 0 aliphatic rings. The molecule has 0 spiro atoms. The number of rotatable bonds is 6. The fourth-order valence-electron chi connectivity index (χ4n) is 1.60. The van der Waals surface area contributed by atoms with E-state index >= 15 is 0 Å². The molecule has 0 N–H and O–H groups in total. The highest BCUT2D eigenvalue weighted by atomic mass is 16.6. The molecule has 21 heavy (non-hydrogen) atoms. The summed E-state index contributed by atoms with van der Waals surface area (Å²) in [6.45, 7) is 4.25. The second-order valence-electron chi connectivity index (χ2n) is 4.56. The van der Waals surface area contributed by atoms with Crippen LogP contribution in [0.3, 0.4) is 0 Å². The van der Waals surface area contributed by atoms with Crippen LogP contribution in [0.4, 0.5) is 9.59 Å². The summed E-state index contributed by atoms with van der Waals surface area (Å²) in [6.07, 6.45) is 2.15. The van der Waals surface area contributed by atoms with E-state index in [1.165, 1.54) is 0 Å². The van der Waals surface area contributed by atoms with Crippen molar-refractivity contribution in [2.45, 2.75) is 39.5 Å². The summed E-state index contributed by atoms with van der Waals surface area (Å²) >= 11 is 0. The second-order valence-corrected chi connectivity index (χ2v) is 4.56. The van der Waals surface area contributed by atoms with Crippen molar-refractivity contribution in [3.05, 3.63) is 29.8 Å². The van der Waals surface area contributed by atoms with E-state index in [0.29, 0.717) is 5.75 Å². The van der Waals surface area contributed by atoms with Crippen molar-refractivity contribution in [1.82, 2.24) is 0 Å². The third kappa shape index (κ3) is 7.81. The minimum absolute atomic E-state index is 0.283. The van der Waals surface area contributed by atoms with Gasteiger partial charge in [-0.25, -0.2) is 9.59 Å². The summed E-state index contributed by atoms with van der Waals surface area (Å²) < 4.78 is 9.70. The first-order chi connectivity index (χ1) is 10.1. The number of amides is 2. The molecule has 0 aliphatic heterocycles. The van der Waals surface area contributed by atoms with Crippen LogP contribution in [-0.4, -0.2) is 18.8 Å². The molecule has 0 atom stereocenters. The molecule has 1 aromatic carbocycles. The Morgan fingerprint density at radius 2 is 1.86 bits per heavy atom. The molecule has 0 saturated heterocycles. The van der Waals surface area contributed by atoms with E-state index in [4.69, 9.17) is 9.47 Å². The van der Waals surface area contributed by atoms with Crippen LogP contribution in [0.2, 0.25) is 0 Å². The molecule has 0 radical (unpaired) electrons. The van der Waals surface area contributed by atoms with E-state index in [-0.39, 0.29) is 6.61 Å². The summed E-state index contributed by atoms with van der Waals surface area (Å²) in [5.41, 5.74) is 0.948. The van der Waals surface area contributed by atoms with Gasteiger partial charge in [0.05, 0.1) is 6.61 Å². The summed E-state index contributed by atoms with van der Waals surface area (Å²) in [5.74, 6) is 0.354. The van der Waals surface area contributed by atoms with Crippen molar-refractivity contribution >= 4 is 12.2 Å². The van der Waals surface area contributed by atoms with Gasteiger partial charge in [-0.1, -0.05) is 48.5 Å². The van der Waals surface area contributed by atoms with E-state index in [2.05, 4.69) is 17.2 Å². The van der Waals surface area contributed by atoms with E-state index in [0.717, 1.165) is 31.2 Å². The first kappa shape index (κ1) is 16.8. The number of carbonyl (C=O) groups excluding carboxylic acids is 2. The first-order valence-electron chi connectivity index (χ1n) is 6.98. The van der Waals surface area contributed by atoms with Crippen molar-refractivity contribution in [3.63, 3.8) is 0 Å². The minimum atomic E-state index is -0.955. The normalized spacial score (nSPS) is 10.6. The van der Waals surface area contributed by atoms with E-state index in [1.54, 1.807) is 18.2 Å². The quantitative estimate of drug-likeness (QED) is 0.564. The second kappa shape index (κ2) is 9.63. The lowest BCUT2D eigenvalue weighted by molar-refractivity contribution is 0.152. The van der Waals surface area contributed by atoms with Gasteiger partial charge in [0.25, 0.3) is 0 Å². The highest BCUT2D eigenvalue weighted by molar-refractivity contribution is 5.74. The van der Waals surface area contributed by atoms with Gasteiger partial charge < -0.3 is 9.47 Å². The van der Waals surface area contributed by atoms with Crippen molar-refractivity contribution in [2.75, 3.05) is 6.61 Å². The van der Waals surface area contributed by atoms with E-state index in [9.17, 15) is 9.59 Å². The van der Waals surface area contributed by atoms with Crippen LogP contribution in [-0.2, 0) is 4.74 Å². The molecule has 6 heteroatoms. The zero-order valence-corrected chi connectivity index (χ0v) is 12.4. The Labute approximate surface area is 124 Å². The molecule has 0 aliphatic carbocycles. The number of hydrogen-bond acceptors (Lipinski definition) is 4. The molecule has 1 aromatic rings. The molecule has 1 rings (SSSR count). The number of ether oxygens (including phenoxy) is 2. The number of azo groups is 1. The lowest BCUT2D eigenvalue weighted by Crippen LogP contribution is -2.04. The van der Waals surface area contributed by atoms with Crippen molar-refractivity contribution in [2.24, 2.45) is 10.2 Å². The lowest BCUT2D eigenvalue weighted by atomic mass is 10.2. The Hall–Kier alpha value is -2.24. The molecule has 0 unspecified atom stereocenters. The maximum absolute atomic E-state index is 11.4. The van der Waals surface area contributed by atoms with Crippen LogP contribution < -0.4 is 4.74 Å². The topological polar surface area (TPSA) is 77.3 Å². The van der Waals surface area contributed by atoms with Crippen LogP contribution in [0.5, 0.6) is 5.75 Å². The molecule has 2 amide bonds. The van der Waals surface area contributed by atoms with E-state index < -0.39 is 12.2 Å². The highest BCUT2D eigenvalue weighted by Crippen LogP contribution is 2.13. The van der Waals surface area contributed by atoms with Gasteiger partial charge in [-0.05, 0) is 31.0 Å². The summed E-state index contributed by atoms with van der Waals surface area (Å²) in [5, 5.41) is 6.30. The highest BCUT2D eigenvalue weighted by Gasteiger charge is 2.05. The van der Waals surface area contributed by atoms with Gasteiger partial charge in [0.2, 0.25) is 0 Å². The Bertz CT molecular complexity index is 500. The fraction of sp³-hybridized carbons (Fsp3) is 0.467. The summed E-state index contributed by atoms with van der Waals surface area (Å²) in [7, 11) is 0. The Morgan fingerprint density at radius 1 is 1.10 bits per heavy atom. The zero-order chi connectivity index (χ0) is 15.5. The van der Waals surface area contributed by atoms with Crippen molar-refractivity contribution in [1.29, 1.82) is 0 Å². The van der Waals surface area contributed by atoms with Gasteiger partial charge in [0.1, 0.15) is 5.75 Å². The third-order valence-electron chi connectivity index (χ3n) is 2.63. The summed E-state index contributed by atoms with van der Waals surface area (Å²) in [4.78, 5) is 22.5. The van der Waals surface area contributed by atoms with Crippen LogP contribution in [0.1, 0.15) is 38.2 Å². The van der Waals surface area contributed by atoms with Crippen molar-refractivity contribution < 1.29 is 19.1 Å². The molecular formula is C15H20N2O4. The first-order valence-corrected chi connectivity index (χ1v) is 6.98. The number of unbranched alkanes of at least 4 members (excludes halogenated alkanes) is 3. The number of hydrogen-bond donors (Lipinski definition) is 0. The van der Waals surface area contributed by atoms with Crippen LogP contribution in [0.15, 0.2) is 34.5 Å². The van der Waals surface area contributed by atoms with Gasteiger partial charge in [-0.3, -0.25) is 0 Å². The van der Waals surface area contributed by atoms with Crippen LogP contribution in [0, 0.1) is 6.92 Å². The molecule has 0 heterocycles.